The van der Waals surface area contributed by atoms with Crippen LogP contribution < -0.4 is 24.6 Å². The van der Waals surface area contributed by atoms with Crippen LogP contribution in [0.15, 0.2) is 65.5 Å². The topological polar surface area (TPSA) is 103 Å². The van der Waals surface area contributed by atoms with Crippen molar-refractivity contribution >= 4 is 5.97 Å². The first-order valence-electron chi connectivity index (χ1n) is 14.5. The molecule has 0 radical (unpaired) electrons. The summed E-state index contributed by atoms with van der Waals surface area (Å²) in [6.45, 7) is 6.03. The van der Waals surface area contributed by atoms with E-state index < -0.39 is 11.6 Å². The third kappa shape index (κ3) is 7.61. The number of nitrogens with zero attached hydrogens (tertiary/aromatic N) is 3. The van der Waals surface area contributed by atoms with Gasteiger partial charge in [0.1, 0.15) is 11.6 Å². The molecular weight excluding hydrogens is 562 g/mol. The zero-order chi connectivity index (χ0) is 31.9. The van der Waals surface area contributed by atoms with Crippen molar-refractivity contribution in [3.05, 3.63) is 99.2 Å². The van der Waals surface area contributed by atoms with Crippen LogP contribution in [-0.4, -0.2) is 54.4 Å². The molecule has 0 atom stereocenters. The summed E-state index contributed by atoms with van der Waals surface area (Å²) in [5, 5.41) is 4.77. The van der Waals surface area contributed by atoms with Crippen LogP contribution in [0.25, 0.3) is 0 Å². The SMILES string of the molecule is COC(=O)C(C)(C)Oc1ccc(CCCc2nn(Cc3ccc(C)cc3)c(=O)n2Cc2cc(OC)c(OC)c(OC)c2)cc1. The summed E-state index contributed by atoms with van der Waals surface area (Å²) in [6, 6.07) is 19.4. The lowest BCUT2D eigenvalue weighted by molar-refractivity contribution is -0.156. The highest BCUT2D eigenvalue weighted by atomic mass is 16.6. The number of aromatic nitrogens is 3. The van der Waals surface area contributed by atoms with E-state index >= 15 is 0 Å². The highest BCUT2D eigenvalue weighted by Crippen LogP contribution is 2.38. The lowest BCUT2D eigenvalue weighted by Gasteiger charge is -2.23. The minimum Gasteiger partial charge on any atom is -0.493 e. The number of aryl methyl sites for hydroxylation is 3. The van der Waals surface area contributed by atoms with Crippen LogP contribution in [0.3, 0.4) is 0 Å². The van der Waals surface area contributed by atoms with Gasteiger partial charge in [0.2, 0.25) is 5.75 Å². The molecule has 4 aromatic rings. The standard InChI is InChI=1S/C34H41N3O7/c1-23-11-13-25(14-12-23)22-37-33(39)36(21-26-19-28(40-4)31(42-6)29(20-26)41-5)30(35-37)10-8-9-24-15-17-27(18-16-24)44-34(2,3)32(38)43-7/h11-20H,8-10,21-22H2,1-7H3. The Morgan fingerprint density at radius 1 is 0.795 bits per heavy atom. The molecule has 44 heavy (non-hydrogen) atoms. The van der Waals surface area contributed by atoms with Gasteiger partial charge in [0, 0.05) is 6.42 Å². The molecule has 1 heterocycles. The highest BCUT2D eigenvalue weighted by molar-refractivity contribution is 5.78. The molecule has 0 spiro atoms. The summed E-state index contributed by atoms with van der Waals surface area (Å²) in [6.07, 6.45) is 2.13. The van der Waals surface area contributed by atoms with Gasteiger partial charge in [-0.1, -0.05) is 42.0 Å². The van der Waals surface area contributed by atoms with Gasteiger partial charge in [0.25, 0.3) is 0 Å². The highest BCUT2D eigenvalue weighted by Gasteiger charge is 2.31. The van der Waals surface area contributed by atoms with Gasteiger partial charge in [-0.3, -0.25) is 4.57 Å². The van der Waals surface area contributed by atoms with E-state index in [1.54, 1.807) is 39.7 Å². The summed E-state index contributed by atoms with van der Waals surface area (Å²) in [4.78, 5) is 25.6. The van der Waals surface area contributed by atoms with Crippen LogP contribution in [-0.2, 0) is 35.5 Å². The molecule has 0 N–H and O–H groups in total. The average molecular weight is 604 g/mol. The molecule has 0 aliphatic carbocycles. The molecule has 0 fully saturated rings. The fraction of sp³-hybridized carbons (Fsp3) is 0.382. The van der Waals surface area contributed by atoms with Gasteiger partial charge < -0.3 is 23.7 Å². The molecule has 0 aliphatic heterocycles. The fourth-order valence-corrected chi connectivity index (χ4v) is 4.97. The monoisotopic (exact) mass is 603 g/mol. The predicted octanol–water partition coefficient (Wildman–Crippen LogP) is 4.98. The molecule has 234 valence electrons. The zero-order valence-electron chi connectivity index (χ0n) is 26.5. The summed E-state index contributed by atoms with van der Waals surface area (Å²) in [5.41, 5.74) is 2.80. The molecule has 0 saturated heterocycles. The molecule has 0 unspecified atom stereocenters. The van der Waals surface area contributed by atoms with Gasteiger partial charge in [-0.25, -0.2) is 14.3 Å². The smallest absolute Gasteiger partial charge is 0.349 e. The summed E-state index contributed by atoms with van der Waals surface area (Å²) >= 11 is 0. The first-order chi connectivity index (χ1) is 21.1. The maximum Gasteiger partial charge on any atom is 0.349 e. The number of ether oxygens (including phenoxy) is 5. The maximum atomic E-state index is 13.7. The number of hydrogen-bond donors (Lipinski definition) is 0. The first-order valence-corrected chi connectivity index (χ1v) is 14.5. The summed E-state index contributed by atoms with van der Waals surface area (Å²) < 4.78 is 30.4. The second kappa shape index (κ2) is 14.2. The number of carbonyl (C=O) groups excluding carboxylic acids is 1. The van der Waals surface area contributed by atoms with Crippen LogP contribution in [0.4, 0.5) is 0 Å². The Labute approximate surface area is 258 Å². The lowest BCUT2D eigenvalue weighted by atomic mass is 10.1. The van der Waals surface area contributed by atoms with Crippen LogP contribution >= 0.6 is 0 Å². The fourth-order valence-electron chi connectivity index (χ4n) is 4.97. The summed E-state index contributed by atoms with van der Waals surface area (Å²) in [5.74, 6) is 2.36. The van der Waals surface area contributed by atoms with Crippen LogP contribution in [0.1, 0.15) is 48.3 Å². The number of methoxy groups -OCH3 is 4. The van der Waals surface area contributed by atoms with E-state index in [1.807, 2.05) is 67.6 Å². The van der Waals surface area contributed by atoms with Gasteiger partial charge in [-0.05, 0) is 74.6 Å². The largest absolute Gasteiger partial charge is 0.493 e. The Morgan fingerprint density at radius 3 is 1.98 bits per heavy atom. The first kappa shape index (κ1) is 32.2. The molecule has 4 rings (SSSR count). The maximum absolute atomic E-state index is 13.7. The molecule has 1 aromatic heterocycles. The number of esters is 1. The average Bonchev–Trinajstić information content (AvgIpc) is 3.30. The van der Waals surface area contributed by atoms with E-state index in [-0.39, 0.29) is 5.69 Å². The minimum atomic E-state index is -1.09. The van der Waals surface area contributed by atoms with Gasteiger partial charge in [0.05, 0.1) is 41.5 Å². The Hall–Kier alpha value is -4.73. The van der Waals surface area contributed by atoms with E-state index in [0.29, 0.717) is 48.3 Å². The quantitative estimate of drug-likeness (QED) is 0.186. The molecule has 10 nitrogen and oxygen atoms in total. The molecular formula is C34H41N3O7. The Morgan fingerprint density at radius 2 is 1.41 bits per heavy atom. The van der Waals surface area contributed by atoms with E-state index in [1.165, 1.54) is 11.8 Å². The van der Waals surface area contributed by atoms with E-state index in [9.17, 15) is 9.59 Å². The molecule has 10 heteroatoms. The Kier molecular flexibility index (Phi) is 10.4. The number of rotatable bonds is 14. The molecule has 3 aromatic carbocycles. The van der Waals surface area contributed by atoms with Gasteiger partial charge in [-0.2, -0.15) is 5.10 Å². The van der Waals surface area contributed by atoms with E-state index in [0.717, 1.165) is 35.1 Å². The van der Waals surface area contributed by atoms with Gasteiger partial charge in [0.15, 0.2) is 17.1 Å². The Balaban J connectivity index is 1.55. The van der Waals surface area contributed by atoms with Crippen molar-refractivity contribution in [3.8, 4) is 23.0 Å². The van der Waals surface area contributed by atoms with Crippen LogP contribution in [0.2, 0.25) is 0 Å². The van der Waals surface area contributed by atoms with Crippen molar-refractivity contribution in [2.24, 2.45) is 0 Å². The van der Waals surface area contributed by atoms with Crippen molar-refractivity contribution in [2.45, 2.75) is 58.7 Å². The molecule has 0 amide bonds. The lowest BCUT2D eigenvalue weighted by Crippen LogP contribution is -2.39. The third-order valence-electron chi connectivity index (χ3n) is 7.36. The van der Waals surface area contributed by atoms with Crippen molar-refractivity contribution in [3.63, 3.8) is 0 Å². The normalized spacial score (nSPS) is 11.2. The third-order valence-corrected chi connectivity index (χ3v) is 7.36. The number of benzene rings is 3. The number of hydrogen-bond acceptors (Lipinski definition) is 8. The second-order valence-corrected chi connectivity index (χ2v) is 11.1. The van der Waals surface area contributed by atoms with Crippen molar-refractivity contribution < 1.29 is 28.5 Å². The molecule has 0 saturated carbocycles. The van der Waals surface area contributed by atoms with Crippen LogP contribution in [0.5, 0.6) is 23.0 Å². The van der Waals surface area contributed by atoms with Crippen LogP contribution in [0, 0.1) is 6.92 Å². The van der Waals surface area contributed by atoms with Crippen molar-refractivity contribution in [1.29, 1.82) is 0 Å². The van der Waals surface area contributed by atoms with E-state index in [4.69, 9.17) is 28.8 Å². The second-order valence-electron chi connectivity index (χ2n) is 11.1. The van der Waals surface area contributed by atoms with Crippen molar-refractivity contribution in [2.75, 3.05) is 28.4 Å². The number of carbonyl (C=O) groups is 1. The van der Waals surface area contributed by atoms with Gasteiger partial charge in [-0.15, -0.1) is 0 Å². The molecule has 0 bridgehead atoms. The molecule has 0 aliphatic rings. The Bertz CT molecular complexity index is 1600. The van der Waals surface area contributed by atoms with Gasteiger partial charge >= 0.3 is 11.7 Å². The van der Waals surface area contributed by atoms with Crippen molar-refractivity contribution in [1.82, 2.24) is 14.3 Å². The predicted molar refractivity (Wildman–Crippen MR) is 167 cm³/mol. The van der Waals surface area contributed by atoms with E-state index in [2.05, 4.69) is 0 Å². The zero-order valence-corrected chi connectivity index (χ0v) is 26.5. The summed E-state index contributed by atoms with van der Waals surface area (Å²) in [7, 11) is 6.03. The minimum absolute atomic E-state index is 0.191.